The largest absolute Gasteiger partial charge is 0.358 e. The number of nitrogens with one attached hydrogen (secondary N) is 2. The van der Waals surface area contributed by atoms with E-state index >= 15 is 0 Å². The standard InChI is InChI=1S/C15H21N3O/c1-11-12(8-9-18(3)15(19)10-16-2)13-6-4-5-7-14(13)17-11/h4-7,16-17H,8-10H2,1-3H3. The summed E-state index contributed by atoms with van der Waals surface area (Å²) in [7, 11) is 3.64. The highest BCUT2D eigenvalue weighted by atomic mass is 16.2. The lowest BCUT2D eigenvalue weighted by molar-refractivity contribution is -0.128. The molecule has 2 aromatic rings. The highest BCUT2D eigenvalue weighted by Crippen LogP contribution is 2.22. The number of hydrogen-bond acceptors (Lipinski definition) is 2. The molecule has 102 valence electrons. The minimum atomic E-state index is 0.125. The molecule has 2 rings (SSSR count). The Morgan fingerprint density at radius 1 is 1.37 bits per heavy atom. The molecule has 0 unspecified atom stereocenters. The third kappa shape index (κ3) is 2.96. The van der Waals surface area contributed by atoms with Crippen LogP contribution in [0.5, 0.6) is 0 Å². The number of carbonyl (C=O) groups is 1. The second kappa shape index (κ2) is 5.89. The predicted octanol–water partition coefficient (Wildman–Crippen LogP) is 1.70. The van der Waals surface area contributed by atoms with E-state index in [2.05, 4.69) is 35.4 Å². The number of aromatic nitrogens is 1. The summed E-state index contributed by atoms with van der Waals surface area (Å²) in [6.07, 6.45) is 0.877. The zero-order valence-corrected chi connectivity index (χ0v) is 11.8. The number of amides is 1. The SMILES string of the molecule is CNCC(=O)N(C)CCc1c(C)[nH]c2ccccc12. The zero-order valence-electron chi connectivity index (χ0n) is 11.8. The van der Waals surface area contributed by atoms with Gasteiger partial charge < -0.3 is 15.2 Å². The van der Waals surface area contributed by atoms with Crippen LogP contribution < -0.4 is 5.32 Å². The van der Waals surface area contributed by atoms with Crippen LogP contribution >= 0.6 is 0 Å². The van der Waals surface area contributed by atoms with Crippen LogP contribution in [0.1, 0.15) is 11.3 Å². The van der Waals surface area contributed by atoms with Gasteiger partial charge in [0, 0.05) is 30.2 Å². The third-order valence-corrected chi connectivity index (χ3v) is 3.48. The highest BCUT2D eigenvalue weighted by Gasteiger charge is 2.11. The van der Waals surface area contributed by atoms with Crippen molar-refractivity contribution in [1.29, 1.82) is 0 Å². The van der Waals surface area contributed by atoms with Gasteiger partial charge in [0.15, 0.2) is 0 Å². The van der Waals surface area contributed by atoms with E-state index < -0.39 is 0 Å². The molecule has 0 aliphatic carbocycles. The summed E-state index contributed by atoms with van der Waals surface area (Å²) in [5.74, 6) is 0.125. The first-order valence-corrected chi connectivity index (χ1v) is 6.58. The number of nitrogens with zero attached hydrogens (tertiary/aromatic N) is 1. The van der Waals surface area contributed by atoms with Gasteiger partial charge in [-0.05, 0) is 32.0 Å². The summed E-state index contributed by atoms with van der Waals surface area (Å²) in [5, 5.41) is 4.14. The van der Waals surface area contributed by atoms with E-state index in [9.17, 15) is 4.79 Å². The third-order valence-electron chi connectivity index (χ3n) is 3.48. The molecule has 1 heterocycles. The fourth-order valence-electron chi connectivity index (χ4n) is 2.35. The molecule has 0 spiro atoms. The van der Waals surface area contributed by atoms with Crippen molar-refractivity contribution in [3.8, 4) is 0 Å². The van der Waals surface area contributed by atoms with Crippen molar-refractivity contribution in [3.63, 3.8) is 0 Å². The fraction of sp³-hybridized carbons (Fsp3) is 0.400. The summed E-state index contributed by atoms with van der Waals surface area (Å²) in [6, 6.07) is 8.30. The Balaban J connectivity index is 2.09. The topological polar surface area (TPSA) is 48.1 Å². The van der Waals surface area contributed by atoms with Crippen molar-refractivity contribution in [3.05, 3.63) is 35.5 Å². The quantitative estimate of drug-likeness (QED) is 0.858. The van der Waals surface area contributed by atoms with Gasteiger partial charge in [-0.3, -0.25) is 4.79 Å². The van der Waals surface area contributed by atoms with Gasteiger partial charge in [0.05, 0.1) is 6.54 Å². The maximum absolute atomic E-state index is 11.7. The van der Waals surface area contributed by atoms with Crippen LogP contribution in [0.15, 0.2) is 24.3 Å². The van der Waals surface area contributed by atoms with Gasteiger partial charge in [-0.2, -0.15) is 0 Å². The van der Waals surface area contributed by atoms with Crippen LogP contribution in [0.25, 0.3) is 10.9 Å². The van der Waals surface area contributed by atoms with E-state index in [-0.39, 0.29) is 5.91 Å². The average Bonchev–Trinajstić information content (AvgIpc) is 2.72. The van der Waals surface area contributed by atoms with Crippen LogP contribution in [-0.2, 0) is 11.2 Å². The number of likely N-dealkylation sites (N-methyl/N-ethyl adjacent to an activating group) is 2. The molecule has 19 heavy (non-hydrogen) atoms. The molecule has 4 heteroatoms. The minimum absolute atomic E-state index is 0.125. The Kier molecular flexibility index (Phi) is 4.22. The molecule has 0 bridgehead atoms. The Morgan fingerprint density at radius 3 is 2.84 bits per heavy atom. The van der Waals surface area contributed by atoms with E-state index in [0.717, 1.165) is 13.0 Å². The molecule has 4 nitrogen and oxygen atoms in total. The van der Waals surface area contributed by atoms with Gasteiger partial charge in [0.1, 0.15) is 0 Å². The van der Waals surface area contributed by atoms with Crippen LogP contribution in [0.3, 0.4) is 0 Å². The lowest BCUT2D eigenvalue weighted by Gasteiger charge is -2.17. The van der Waals surface area contributed by atoms with Crippen LogP contribution in [0, 0.1) is 6.92 Å². The minimum Gasteiger partial charge on any atom is -0.358 e. The molecule has 1 aromatic heterocycles. The van der Waals surface area contributed by atoms with Gasteiger partial charge in [-0.1, -0.05) is 18.2 Å². The molecule has 0 radical (unpaired) electrons. The lowest BCUT2D eigenvalue weighted by Crippen LogP contribution is -2.35. The number of H-pyrrole nitrogens is 1. The molecule has 0 saturated carbocycles. The molecular formula is C15H21N3O. The van der Waals surface area contributed by atoms with Crippen molar-refractivity contribution in [2.45, 2.75) is 13.3 Å². The zero-order chi connectivity index (χ0) is 13.8. The predicted molar refractivity (Wildman–Crippen MR) is 78.3 cm³/mol. The molecule has 0 saturated heterocycles. The van der Waals surface area contributed by atoms with Crippen LogP contribution in [0.4, 0.5) is 0 Å². The molecule has 0 aliphatic heterocycles. The van der Waals surface area contributed by atoms with Gasteiger partial charge in [-0.15, -0.1) is 0 Å². The second-order valence-electron chi connectivity index (χ2n) is 4.87. The number of aromatic amines is 1. The summed E-state index contributed by atoms with van der Waals surface area (Å²) in [6.45, 7) is 3.22. The Labute approximate surface area is 113 Å². The maximum atomic E-state index is 11.7. The second-order valence-corrected chi connectivity index (χ2v) is 4.87. The Morgan fingerprint density at radius 2 is 2.11 bits per heavy atom. The number of rotatable bonds is 5. The molecule has 0 fully saturated rings. The molecule has 1 amide bonds. The van der Waals surface area contributed by atoms with Gasteiger partial charge in [0.25, 0.3) is 0 Å². The normalized spacial score (nSPS) is 10.9. The molecule has 2 N–H and O–H groups in total. The number of benzene rings is 1. The Hall–Kier alpha value is -1.81. The van der Waals surface area contributed by atoms with Gasteiger partial charge in [-0.25, -0.2) is 0 Å². The number of carbonyl (C=O) groups excluding carboxylic acids is 1. The first-order chi connectivity index (χ1) is 9.13. The van der Waals surface area contributed by atoms with E-state index in [4.69, 9.17) is 0 Å². The van der Waals surface area contributed by atoms with Crippen LogP contribution in [0.2, 0.25) is 0 Å². The maximum Gasteiger partial charge on any atom is 0.236 e. The monoisotopic (exact) mass is 259 g/mol. The molecule has 0 aliphatic rings. The Bertz CT molecular complexity index is 574. The van der Waals surface area contributed by atoms with Crippen LogP contribution in [-0.4, -0.2) is 43.0 Å². The summed E-state index contributed by atoms with van der Waals surface area (Å²) in [4.78, 5) is 16.9. The lowest BCUT2D eigenvalue weighted by atomic mass is 10.1. The van der Waals surface area contributed by atoms with E-state index in [0.29, 0.717) is 6.54 Å². The van der Waals surface area contributed by atoms with Gasteiger partial charge in [0.2, 0.25) is 5.91 Å². The molecule has 1 aromatic carbocycles. The first-order valence-electron chi connectivity index (χ1n) is 6.58. The smallest absolute Gasteiger partial charge is 0.236 e. The van der Waals surface area contributed by atoms with E-state index in [1.807, 2.05) is 13.1 Å². The first kappa shape index (κ1) is 13.6. The molecule has 0 atom stereocenters. The van der Waals surface area contributed by atoms with E-state index in [1.165, 1.54) is 22.2 Å². The fourth-order valence-corrected chi connectivity index (χ4v) is 2.35. The van der Waals surface area contributed by atoms with Crippen molar-refractivity contribution < 1.29 is 4.79 Å². The summed E-state index contributed by atoms with van der Waals surface area (Å²) >= 11 is 0. The van der Waals surface area contributed by atoms with Gasteiger partial charge >= 0.3 is 0 Å². The average molecular weight is 259 g/mol. The molecular weight excluding hydrogens is 238 g/mol. The highest BCUT2D eigenvalue weighted by molar-refractivity contribution is 5.84. The number of hydrogen-bond donors (Lipinski definition) is 2. The van der Waals surface area contributed by atoms with Crippen molar-refractivity contribution in [2.75, 3.05) is 27.2 Å². The van der Waals surface area contributed by atoms with Crippen molar-refractivity contribution >= 4 is 16.8 Å². The number of aryl methyl sites for hydroxylation is 1. The van der Waals surface area contributed by atoms with Crippen molar-refractivity contribution in [1.82, 2.24) is 15.2 Å². The number of fused-ring (bicyclic) bond motifs is 1. The van der Waals surface area contributed by atoms with Crippen molar-refractivity contribution in [2.24, 2.45) is 0 Å². The number of para-hydroxylation sites is 1. The summed E-state index contributed by atoms with van der Waals surface area (Å²) < 4.78 is 0. The summed E-state index contributed by atoms with van der Waals surface area (Å²) in [5.41, 5.74) is 3.66. The van der Waals surface area contributed by atoms with E-state index in [1.54, 1.807) is 11.9 Å².